The molecule has 6 nitrogen and oxygen atoms in total. The fraction of sp³-hybridized carbons (Fsp3) is 0.653. The molecule has 55 heavy (non-hydrogen) atoms. The van der Waals surface area contributed by atoms with Gasteiger partial charge in [0.05, 0.1) is 0 Å². The van der Waals surface area contributed by atoms with Gasteiger partial charge < -0.3 is 14.2 Å². The molecule has 0 rings (SSSR count). The number of esters is 3. The van der Waals surface area contributed by atoms with E-state index in [2.05, 4.69) is 106 Å². The van der Waals surface area contributed by atoms with E-state index in [0.717, 1.165) is 116 Å². The van der Waals surface area contributed by atoms with Crippen LogP contribution >= 0.6 is 0 Å². The highest BCUT2D eigenvalue weighted by atomic mass is 16.6. The molecular formula is C49H80O6. The summed E-state index contributed by atoms with van der Waals surface area (Å²) < 4.78 is 16.6. The van der Waals surface area contributed by atoms with Gasteiger partial charge >= 0.3 is 17.9 Å². The number of rotatable bonds is 38. The van der Waals surface area contributed by atoms with E-state index in [1.165, 1.54) is 25.7 Å². The SMILES string of the molecule is CC/C=C\C/C=C\C/C=C\CCCC(=O)OCC(COC(=O)CCCCCCCCC/C=C\C/C=C\CC)OC(=O)CCCCCCC/C=C\C/C=C\CC. The van der Waals surface area contributed by atoms with E-state index in [4.69, 9.17) is 14.2 Å². The Morgan fingerprint density at radius 2 is 0.673 bits per heavy atom. The molecule has 0 spiro atoms. The predicted molar refractivity (Wildman–Crippen MR) is 233 cm³/mol. The molecule has 0 aliphatic heterocycles. The molecule has 0 aliphatic rings. The van der Waals surface area contributed by atoms with Gasteiger partial charge in [0.25, 0.3) is 0 Å². The molecule has 0 aromatic heterocycles. The van der Waals surface area contributed by atoms with Gasteiger partial charge in [-0.3, -0.25) is 14.4 Å². The zero-order valence-corrected chi connectivity index (χ0v) is 35.4. The maximum Gasteiger partial charge on any atom is 0.306 e. The summed E-state index contributed by atoms with van der Waals surface area (Å²) >= 11 is 0. The van der Waals surface area contributed by atoms with Crippen LogP contribution in [0.4, 0.5) is 0 Å². The lowest BCUT2D eigenvalue weighted by Crippen LogP contribution is -2.30. The van der Waals surface area contributed by atoms with Crippen molar-refractivity contribution in [3.63, 3.8) is 0 Å². The average molecular weight is 765 g/mol. The Labute approximate surface area is 337 Å². The van der Waals surface area contributed by atoms with Crippen LogP contribution in [-0.2, 0) is 28.6 Å². The van der Waals surface area contributed by atoms with Gasteiger partial charge in [-0.15, -0.1) is 0 Å². The number of carbonyl (C=O) groups excluding carboxylic acids is 3. The zero-order chi connectivity index (χ0) is 40.1. The Bertz CT molecular complexity index is 1110. The molecule has 0 aromatic rings. The quantitative estimate of drug-likeness (QED) is 0.0270. The second-order valence-electron chi connectivity index (χ2n) is 14.2. The number of carbonyl (C=O) groups is 3. The minimum atomic E-state index is -0.805. The number of allylic oxidation sites excluding steroid dienone is 14. The number of unbranched alkanes of at least 4 members (excludes halogenated alkanes) is 13. The van der Waals surface area contributed by atoms with Crippen molar-refractivity contribution in [1.82, 2.24) is 0 Å². The normalized spacial score (nSPS) is 12.9. The number of hydrogen-bond donors (Lipinski definition) is 0. The van der Waals surface area contributed by atoms with E-state index in [9.17, 15) is 14.4 Å². The second kappa shape index (κ2) is 43.3. The molecular weight excluding hydrogens is 685 g/mol. The Morgan fingerprint density at radius 3 is 1.09 bits per heavy atom. The third kappa shape index (κ3) is 41.6. The third-order valence-corrected chi connectivity index (χ3v) is 8.88. The van der Waals surface area contributed by atoms with Crippen LogP contribution in [0, 0.1) is 0 Å². The molecule has 0 fully saturated rings. The van der Waals surface area contributed by atoms with Crippen LogP contribution < -0.4 is 0 Å². The van der Waals surface area contributed by atoms with Gasteiger partial charge in [0, 0.05) is 19.3 Å². The molecule has 0 N–H and O–H groups in total. The molecule has 0 heterocycles. The van der Waals surface area contributed by atoms with Gasteiger partial charge in [-0.05, 0) is 96.3 Å². The molecule has 1 atom stereocenters. The summed E-state index contributed by atoms with van der Waals surface area (Å²) in [6.07, 6.45) is 54.3. The van der Waals surface area contributed by atoms with Crippen molar-refractivity contribution in [2.75, 3.05) is 13.2 Å². The summed E-state index contributed by atoms with van der Waals surface area (Å²) in [6, 6.07) is 0. The summed E-state index contributed by atoms with van der Waals surface area (Å²) in [5.41, 5.74) is 0. The molecule has 0 aromatic carbocycles. The van der Waals surface area contributed by atoms with Gasteiger partial charge in [0.2, 0.25) is 0 Å². The van der Waals surface area contributed by atoms with Crippen LogP contribution in [-0.4, -0.2) is 37.2 Å². The second-order valence-corrected chi connectivity index (χ2v) is 14.2. The van der Waals surface area contributed by atoms with E-state index in [-0.39, 0.29) is 37.5 Å². The van der Waals surface area contributed by atoms with Crippen LogP contribution in [0.25, 0.3) is 0 Å². The summed E-state index contributed by atoms with van der Waals surface area (Å²) in [6.45, 7) is 6.21. The average Bonchev–Trinajstić information content (AvgIpc) is 3.18. The first-order valence-electron chi connectivity index (χ1n) is 22.1. The van der Waals surface area contributed by atoms with E-state index < -0.39 is 6.10 Å². The van der Waals surface area contributed by atoms with E-state index in [0.29, 0.717) is 19.3 Å². The molecule has 0 bridgehead atoms. The number of hydrogen-bond acceptors (Lipinski definition) is 6. The van der Waals surface area contributed by atoms with E-state index in [1.54, 1.807) is 0 Å². The Kier molecular flexibility index (Phi) is 40.6. The van der Waals surface area contributed by atoms with Crippen molar-refractivity contribution in [1.29, 1.82) is 0 Å². The summed E-state index contributed by atoms with van der Waals surface area (Å²) in [5, 5.41) is 0. The van der Waals surface area contributed by atoms with Crippen molar-refractivity contribution in [2.45, 2.75) is 194 Å². The summed E-state index contributed by atoms with van der Waals surface area (Å²) in [7, 11) is 0. The van der Waals surface area contributed by atoms with Gasteiger partial charge in [0.15, 0.2) is 6.10 Å². The lowest BCUT2D eigenvalue weighted by Gasteiger charge is -2.18. The first-order chi connectivity index (χ1) is 27.0. The highest BCUT2D eigenvalue weighted by molar-refractivity contribution is 5.71. The molecule has 1 unspecified atom stereocenters. The molecule has 312 valence electrons. The molecule has 0 amide bonds. The molecule has 0 saturated carbocycles. The Hall–Kier alpha value is -3.41. The fourth-order valence-electron chi connectivity index (χ4n) is 5.66. The molecule has 0 radical (unpaired) electrons. The lowest BCUT2D eigenvalue weighted by atomic mass is 10.1. The standard InChI is InChI=1S/C49H80O6/c1-4-7-10-13-16-19-22-24-25-28-30-33-36-39-42-48(51)54-45-46(44-53-47(50)41-38-35-32-29-26-21-18-15-12-9-6-3)55-49(52)43-40-37-34-31-27-23-20-17-14-11-8-5-2/h7-12,16-21,29,32,46H,4-6,13-15,22-28,30-31,33-45H2,1-3H3/b10-7-,11-8-,12-9-,19-16-,20-17-,21-18-,32-29-. The monoisotopic (exact) mass is 765 g/mol. The van der Waals surface area contributed by atoms with Gasteiger partial charge in [-0.1, -0.05) is 157 Å². The fourth-order valence-corrected chi connectivity index (χ4v) is 5.66. The third-order valence-electron chi connectivity index (χ3n) is 8.88. The molecule has 6 heteroatoms. The predicted octanol–water partition coefficient (Wildman–Crippen LogP) is 14.1. The van der Waals surface area contributed by atoms with Gasteiger partial charge in [-0.2, -0.15) is 0 Å². The first-order valence-corrected chi connectivity index (χ1v) is 22.1. The minimum absolute atomic E-state index is 0.104. The maximum atomic E-state index is 12.7. The zero-order valence-electron chi connectivity index (χ0n) is 35.4. The van der Waals surface area contributed by atoms with Crippen LogP contribution in [0.2, 0.25) is 0 Å². The summed E-state index contributed by atoms with van der Waals surface area (Å²) in [4.78, 5) is 37.7. The van der Waals surface area contributed by atoms with Crippen molar-refractivity contribution in [2.24, 2.45) is 0 Å². The van der Waals surface area contributed by atoms with Crippen molar-refractivity contribution in [3.8, 4) is 0 Å². The van der Waals surface area contributed by atoms with Crippen molar-refractivity contribution in [3.05, 3.63) is 85.1 Å². The molecule has 0 aliphatic carbocycles. The Morgan fingerprint density at radius 1 is 0.364 bits per heavy atom. The van der Waals surface area contributed by atoms with Gasteiger partial charge in [0.1, 0.15) is 13.2 Å². The van der Waals surface area contributed by atoms with Crippen molar-refractivity contribution >= 4 is 17.9 Å². The topological polar surface area (TPSA) is 78.9 Å². The summed E-state index contributed by atoms with van der Waals surface area (Å²) in [5.74, 6) is -0.993. The number of ether oxygens (including phenoxy) is 3. The van der Waals surface area contributed by atoms with Crippen LogP contribution in [0.5, 0.6) is 0 Å². The van der Waals surface area contributed by atoms with Crippen molar-refractivity contribution < 1.29 is 28.6 Å². The maximum absolute atomic E-state index is 12.7. The highest BCUT2D eigenvalue weighted by Crippen LogP contribution is 2.13. The highest BCUT2D eigenvalue weighted by Gasteiger charge is 2.19. The Balaban J connectivity index is 4.47. The van der Waals surface area contributed by atoms with Gasteiger partial charge in [-0.25, -0.2) is 0 Å². The first kappa shape index (κ1) is 51.6. The van der Waals surface area contributed by atoms with E-state index in [1.807, 2.05) is 0 Å². The smallest absolute Gasteiger partial charge is 0.306 e. The van der Waals surface area contributed by atoms with E-state index >= 15 is 0 Å². The van der Waals surface area contributed by atoms with Crippen LogP contribution in [0.1, 0.15) is 188 Å². The molecule has 0 saturated heterocycles. The lowest BCUT2D eigenvalue weighted by molar-refractivity contribution is -0.167. The van der Waals surface area contributed by atoms with Crippen LogP contribution in [0.3, 0.4) is 0 Å². The van der Waals surface area contributed by atoms with Crippen LogP contribution in [0.15, 0.2) is 85.1 Å². The minimum Gasteiger partial charge on any atom is -0.462 e. The largest absolute Gasteiger partial charge is 0.462 e.